The molecule has 3 heterocycles. The lowest BCUT2D eigenvalue weighted by Gasteiger charge is -2.14. The summed E-state index contributed by atoms with van der Waals surface area (Å²) >= 11 is 0. The van der Waals surface area contributed by atoms with Crippen LogP contribution < -0.4 is 0 Å². The van der Waals surface area contributed by atoms with Crippen molar-refractivity contribution in [1.29, 1.82) is 0 Å². The quantitative estimate of drug-likeness (QED) is 0.181. The second-order valence-corrected chi connectivity index (χ2v) is 12.9. The topological polar surface area (TPSA) is 43.9 Å². The van der Waals surface area contributed by atoms with Gasteiger partial charge in [-0.3, -0.25) is 4.57 Å². The maximum Gasteiger partial charge on any atom is 0.235 e. The van der Waals surface area contributed by atoms with Gasteiger partial charge in [0.1, 0.15) is 11.1 Å². The average Bonchev–Trinajstić information content (AvgIpc) is 3.75. The summed E-state index contributed by atoms with van der Waals surface area (Å²) in [5.74, 6) is 0.600. The minimum Gasteiger partial charge on any atom is -0.454 e. The van der Waals surface area contributed by atoms with Crippen LogP contribution in [0.25, 0.3) is 105 Å². The third kappa shape index (κ3) is 3.76. The first-order valence-electron chi connectivity index (χ1n) is 16.9. The maximum absolute atomic E-state index is 6.98. The molecule has 0 aliphatic heterocycles. The molecule has 8 aromatic carbocycles. The minimum absolute atomic E-state index is 0.600. The van der Waals surface area contributed by atoms with Gasteiger partial charge in [-0.25, -0.2) is 9.97 Å². The van der Waals surface area contributed by atoms with Gasteiger partial charge in [0.2, 0.25) is 5.95 Å². The predicted octanol–water partition coefficient (Wildman–Crippen LogP) is 12.3. The number of aromatic nitrogens is 3. The van der Waals surface area contributed by atoms with Gasteiger partial charge in [0.25, 0.3) is 0 Å². The highest BCUT2D eigenvalue weighted by Gasteiger charge is 2.27. The third-order valence-corrected chi connectivity index (χ3v) is 10.2. The maximum atomic E-state index is 6.98. The molecule has 50 heavy (non-hydrogen) atoms. The van der Waals surface area contributed by atoms with Crippen LogP contribution in [-0.2, 0) is 0 Å². The predicted molar refractivity (Wildman–Crippen MR) is 207 cm³/mol. The van der Waals surface area contributed by atoms with Crippen LogP contribution in [0, 0.1) is 0 Å². The van der Waals surface area contributed by atoms with Crippen molar-refractivity contribution in [3.8, 4) is 28.5 Å². The summed E-state index contributed by atoms with van der Waals surface area (Å²) < 4.78 is 9.21. The molecule has 3 aromatic heterocycles. The molecule has 11 rings (SSSR count). The number of benzene rings is 8. The highest BCUT2D eigenvalue weighted by atomic mass is 16.3. The van der Waals surface area contributed by atoms with Crippen molar-refractivity contribution in [1.82, 2.24) is 14.5 Å². The molecule has 0 saturated carbocycles. The van der Waals surface area contributed by atoms with E-state index in [-0.39, 0.29) is 0 Å². The Hall–Kier alpha value is -6.78. The minimum atomic E-state index is 0.600. The van der Waals surface area contributed by atoms with Crippen LogP contribution in [-0.4, -0.2) is 14.5 Å². The van der Waals surface area contributed by atoms with E-state index in [9.17, 15) is 0 Å². The summed E-state index contributed by atoms with van der Waals surface area (Å²) in [4.78, 5) is 10.7. The molecule has 0 aliphatic rings. The molecule has 0 radical (unpaired) electrons. The van der Waals surface area contributed by atoms with Crippen LogP contribution in [0.1, 0.15) is 0 Å². The van der Waals surface area contributed by atoms with E-state index in [0.717, 1.165) is 66.3 Å². The van der Waals surface area contributed by atoms with Crippen molar-refractivity contribution in [2.24, 2.45) is 0 Å². The van der Waals surface area contributed by atoms with Crippen LogP contribution >= 0.6 is 0 Å². The second-order valence-electron chi connectivity index (χ2n) is 12.9. The molecule has 4 heteroatoms. The van der Waals surface area contributed by atoms with Crippen molar-refractivity contribution in [2.45, 2.75) is 0 Å². The first kappa shape index (κ1) is 27.2. The van der Waals surface area contributed by atoms with Gasteiger partial charge in [-0.1, -0.05) is 146 Å². The van der Waals surface area contributed by atoms with Crippen LogP contribution in [0.3, 0.4) is 0 Å². The summed E-state index contributed by atoms with van der Waals surface area (Å²) in [6, 6.07) is 57.4. The zero-order chi connectivity index (χ0) is 32.8. The summed E-state index contributed by atoms with van der Waals surface area (Å²) in [6.45, 7) is 0. The molecular weight excluding hydrogens is 611 g/mol. The molecule has 4 nitrogen and oxygen atoms in total. The standard InChI is InChI=1S/C46H27N3O/c1-3-15-28(16-4-1)36-27-37(29-17-5-2-6-18-29)48-46(47-36)49-38-25-13-11-23-34(38)42-40-32-21-9-7-19-30(32)31-20-8-10-22-33(31)41(40)43-35-24-12-14-26-39(35)50-45(43)44(42)49/h1-27H. The van der Waals surface area contributed by atoms with E-state index in [1.807, 2.05) is 18.2 Å². The number of nitrogens with zero attached hydrogens (tertiary/aromatic N) is 3. The number of furan rings is 1. The Morgan fingerprint density at radius 1 is 0.400 bits per heavy atom. The Bertz CT molecular complexity index is 3080. The van der Waals surface area contributed by atoms with E-state index in [1.165, 1.54) is 32.3 Å². The van der Waals surface area contributed by atoms with E-state index in [2.05, 4.69) is 150 Å². The van der Waals surface area contributed by atoms with E-state index in [1.54, 1.807) is 0 Å². The summed E-state index contributed by atoms with van der Waals surface area (Å²) in [6.07, 6.45) is 0. The van der Waals surface area contributed by atoms with Crippen molar-refractivity contribution in [2.75, 3.05) is 0 Å². The van der Waals surface area contributed by atoms with E-state index >= 15 is 0 Å². The molecule has 0 N–H and O–H groups in total. The lowest BCUT2D eigenvalue weighted by atomic mass is 9.89. The molecule has 232 valence electrons. The summed E-state index contributed by atoms with van der Waals surface area (Å²) in [5.41, 5.74) is 7.47. The van der Waals surface area contributed by atoms with E-state index in [0.29, 0.717) is 5.95 Å². The highest BCUT2D eigenvalue weighted by Crippen LogP contribution is 2.50. The fraction of sp³-hybridized carbons (Fsp3) is 0. The monoisotopic (exact) mass is 637 g/mol. The van der Waals surface area contributed by atoms with Crippen molar-refractivity contribution in [3.63, 3.8) is 0 Å². The second kappa shape index (κ2) is 10.4. The van der Waals surface area contributed by atoms with E-state index < -0.39 is 0 Å². The summed E-state index contributed by atoms with van der Waals surface area (Å²) in [5, 5.41) is 11.8. The summed E-state index contributed by atoms with van der Waals surface area (Å²) in [7, 11) is 0. The molecular formula is C46H27N3O. The zero-order valence-corrected chi connectivity index (χ0v) is 26.8. The van der Waals surface area contributed by atoms with Gasteiger partial charge in [0.05, 0.1) is 16.9 Å². The zero-order valence-electron chi connectivity index (χ0n) is 26.8. The largest absolute Gasteiger partial charge is 0.454 e. The lowest BCUT2D eigenvalue weighted by Crippen LogP contribution is -2.04. The van der Waals surface area contributed by atoms with Crippen LogP contribution in [0.15, 0.2) is 168 Å². The van der Waals surface area contributed by atoms with Gasteiger partial charge in [0, 0.05) is 43.4 Å². The Balaban J connectivity index is 1.42. The normalized spacial score (nSPS) is 12.0. The number of hydrogen-bond acceptors (Lipinski definition) is 3. The Morgan fingerprint density at radius 2 is 0.880 bits per heavy atom. The van der Waals surface area contributed by atoms with Crippen molar-refractivity contribution >= 4 is 76.1 Å². The van der Waals surface area contributed by atoms with Gasteiger partial charge in [-0.15, -0.1) is 0 Å². The molecule has 0 unspecified atom stereocenters. The fourth-order valence-electron chi connectivity index (χ4n) is 8.08. The number of hydrogen-bond donors (Lipinski definition) is 0. The molecule has 0 fully saturated rings. The van der Waals surface area contributed by atoms with Crippen LogP contribution in [0.2, 0.25) is 0 Å². The SMILES string of the molecule is c1ccc(-c2cc(-c3ccccc3)nc(-n3c4ccccc4c4c5c6ccccc6c6ccccc6c5c5c6ccccc6oc5c43)n2)cc1. The Labute approximate surface area is 286 Å². The Kier molecular flexibility index (Phi) is 5.63. The van der Waals surface area contributed by atoms with Gasteiger partial charge >= 0.3 is 0 Å². The smallest absolute Gasteiger partial charge is 0.235 e. The van der Waals surface area contributed by atoms with Gasteiger partial charge in [-0.2, -0.15) is 0 Å². The Morgan fingerprint density at radius 3 is 1.50 bits per heavy atom. The molecule has 0 saturated heterocycles. The highest BCUT2D eigenvalue weighted by molar-refractivity contribution is 6.44. The van der Waals surface area contributed by atoms with E-state index in [4.69, 9.17) is 14.4 Å². The number of rotatable bonds is 3. The molecule has 11 aromatic rings. The van der Waals surface area contributed by atoms with Crippen LogP contribution in [0.5, 0.6) is 0 Å². The molecule has 0 amide bonds. The van der Waals surface area contributed by atoms with Gasteiger partial charge in [-0.05, 0) is 39.7 Å². The third-order valence-electron chi connectivity index (χ3n) is 10.2. The first-order valence-corrected chi connectivity index (χ1v) is 16.9. The molecule has 0 bridgehead atoms. The van der Waals surface area contributed by atoms with Crippen molar-refractivity contribution in [3.05, 3.63) is 164 Å². The molecule has 0 spiro atoms. The van der Waals surface area contributed by atoms with Crippen molar-refractivity contribution < 1.29 is 4.42 Å². The molecule has 0 atom stereocenters. The van der Waals surface area contributed by atoms with Gasteiger partial charge in [0.15, 0.2) is 5.58 Å². The van der Waals surface area contributed by atoms with Crippen LogP contribution in [0.4, 0.5) is 0 Å². The number of fused-ring (bicyclic) bond motifs is 15. The number of para-hydroxylation sites is 2. The fourth-order valence-corrected chi connectivity index (χ4v) is 8.08. The average molecular weight is 638 g/mol. The molecule has 0 aliphatic carbocycles. The van der Waals surface area contributed by atoms with Gasteiger partial charge < -0.3 is 4.42 Å². The lowest BCUT2D eigenvalue weighted by molar-refractivity contribution is 0.671. The first-order chi connectivity index (χ1) is 24.8.